The number of likely N-dealkylation sites (N-methyl/N-ethyl adjacent to an activating group) is 1. The second-order valence-corrected chi connectivity index (χ2v) is 9.40. The van der Waals surface area contributed by atoms with E-state index in [-0.39, 0.29) is 29.7 Å². The Kier molecular flexibility index (Phi) is 7.20. The van der Waals surface area contributed by atoms with Gasteiger partial charge in [0.15, 0.2) is 4.34 Å². The molecule has 0 saturated carbocycles. The van der Waals surface area contributed by atoms with Crippen LogP contribution in [0.15, 0.2) is 28.6 Å². The number of nitrogens with zero attached hydrogens (tertiary/aromatic N) is 3. The Balaban J connectivity index is 1.80. The molecule has 0 bridgehead atoms. The van der Waals surface area contributed by atoms with Crippen LogP contribution in [0.3, 0.4) is 0 Å². The lowest BCUT2D eigenvalue weighted by Gasteiger charge is -2.23. The molecule has 2 amide bonds. The number of aryl methyl sites for hydroxylation is 1. The number of rotatable bonds is 7. The lowest BCUT2D eigenvalue weighted by atomic mass is 10.1. The average molecular weight is 408 g/mol. The van der Waals surface area contributed by atoms with Crippen molar-refractivity contribution in [1.82, 2.24) is 20.4 Å². The topological polar surface area (TPSA) is 87.2 Å². The predicted octanol–water partition coefficient (Wildman–Crippen LogP) is 3.06. The Morgan fingerprint density at radius 1 is 1.19 bits per heavy atom. The summed E-state index contributed by atoms with van der Waals surface area (Å²) in [6, 6.07) is 7.99. The van der Waals surface area contributed by atoms with E-state index < -0.39 is 0 Å². The van der Waals surface area contributed by atoms with Gasteiger partial charge in [-0.15, -0.1) is 10.2 Å². The fourth-order valence-corrected chi connectivity index (χ4v) is 3.79. The van der Waals surface area contributed by atoms with E-state index >= 15 is 0 Å². The molecule has 2 aromatic rings. The highest BCUT2D eigenvalue weighted by molar-refractivity contribution is 8.01. The number of amides is 2. The molecule has 2 rings (SSSR count). The van der Waals surface area contributed by atoms with E-state index in [1.807, 2.05) is 52.0 Å². The minimum atomic E-state index is -0.316. The van der Waals surface area contributed by atoms with Crippen LogP contribution in [0, 0.1) is 6.92 Å². The molecule has 2 N–H and O–H groups in total. The standard InChI is InChI=1S/C18H25N5O2S2/c1-12-6-8-13(9-7-12)19-16-21-22-17(27-16)26-11-15(25)23(5)10-14(24)20-18(2,3)4/h6-9H,10-11H2,1-5H3,(H,19,21)(H,20,24). The zero-order valence-corrected chi connectivity index (χ0v) is 17.8. The molecule has 1 heterocycles. The number of hydrogen-bond acceptors (Lipinski definition) is 7. The Labute approximate surface area is 167 Å². The van der Waals surface area contributed by atoms with E-state index in [0.717, 1.165) is 5.69 Å². The first kappa shape index (κ1) is 21.2. The number of thioether (sulfide) groups is 1. The number of carbonyl (C=O) groups excluding carboxylic acids is 2. The average Bonchev–Trinajstić information content (AvgIpc) is 3.00. The molecule has 0 radical (unpaired) electrons. The minimum absolute atomic E-state index is 0.0347. The Hall–Kier alpha value is -2.13. The maximum atomic E-state index is 12.2. The summed E-state index contributed by atoms with van der Waals surface area (Å²) in [5.74, 6) is -0.102. The van der Waals surface area contributed by atoms with Crippen molar-refractivity contribution in [1.29, 1.82) is 0 Å². The van der Waals surface area contributed by atoms with Gasteiger partial charge in [-0.05, 0) is 39.8 Å². The van der Waals surface area contributed by atoms with Crippen molar-refractivity contribution in [3.63, 3.8) is 0 Å². The van der Waals surface area contributed by atoms with Gasteiger partial charge in [0.25, 0.3) is 0 Å². The molecule has 0 aliphatic carbocycles. The summed E-state index contributed by atoms with van der Waals surface area (Å²) in [6.07, 6.45) is 0. The summed E-state index contributed by atoms with van der Waals surface area (Å²) in [7, 11) is 1.62. The molecule has 27 heavy (non-hydrogen) atoms. The quantitative estimate of drug-likeness (QED) is 0.686. The van der Waals surface area contributed by atoms with E-state index in [1.54, 1.807) is 7.05 Å². The van der Waals surface area contributed by atoms with Crippen LogP contribution < -0.4 is 10.6 Å². The molecule has 0 aliphatic rings. The van der Waals surface area contributed by atoms with Crippen LogP contribution in [0.1, 0.15) is 26.3 Å². The van der Waals surface area contributed by atoms with Crippen LogP contribution in [-0.4, -0.2) is 51.8 Å². The van der Waals surface area contributed by atoms with E-state index in [0.29, 0.717) is 9.47 Å². The van der Waals surface area contributed by atoms with Crippen molar-refractivity contribution in [2.75, 3.05) is 24.7 Å². The van der Waals surface area contributed by atoms with E-state index in [9.17, 15) is 9.59 Å². The van der Waals surface area contributed by atoms with Crippen molar-refractivity contribution in [3.8, 4) is 0 Å². The van der Waals surface area contributed by atoms with Gasteiger partial charge in [-0.1, -0.05) is 40.8 Å². The molecule has 0 unspecified atom stereocenters. The first-order valence-electron chi connectivity index (χ1n) is 8.47. The second-order valence-electron chi connectivity index (χ2n) is 7.20. The van der Waals surface area contributed by atoms with E-state index in [4.69, 9.17) is 0 Å². The molecular weight excluding hydrogens is 382 g/mol. The van der Waals surface area contributed by atoms with Crippen LogP contribution in [0.4, 0.5) is 10.8 Å². The third-order valence-corrected chi connectivity index (χ3v) is 5.31. The normalized spacial score (nSPS) is 11.1. The van der Waals surface area contributed by atoms with Gasteiger partial charge in [0.1, 0.15) is 0 Å². The molecule has 1 aromatic carbocycles. The molecule has 7 nitrogen and oxygen atoms in total. The molecular formula is C18H25N5O2S2. The lowest BCUT2D eigenvalue weighted by molar-refractivity contribution is -0.133. The monoisotopic (exact) mass is 407 g/mol. The Morgan fingerprint density at radius 2 is 1.85 bits per heavy atom. The van der Waals surface area contributed by atoms with Gasteiger partial charge in [0.05, 0.1) is 12.3 Å². The van der Waals surface area contributed by atoms with E-state index in [2.05, 4.69) is 20.8 Å². The van der Waals surface area contributed by atoms with Gasteiger partial charge >= 0.3 is 0 Å². The van der Waals surface area contributed by atoms with Crippen molar-refractivity contribution >= 4 is 45.7 Å². The molecule has 0 spiro atoms. The van der Waals surface area contributed by atoms with E-state index in [1.165, 1.54) is 33.6 Å². The minimum Gasteiger partial charge on any atom is -0.350 e. The van der Waals surface area contributed by atoms with Gasteiger partial charge in [0, 0.05) is 18.3 Å². The fraction of sp³-hybridized carbons (Fsp3) is 0.444. The third kappa shape index (κ3) is 7.56. The van der Waals surface area contributed by atoms with Crippen LogP contribution >= 0.6 is 23.1 Å². The van der Waals surface area contributed by atoms with Crippen molar-refractivity contribution < 1.29 is 9.59 Å². The molecule has 0 fully saturated rings. The maximum Gasteiger partial charge on any atom is 0.240 e. The Morgan fingerprint density at radius 3 is 2.48 bits per heavy atom. The zero-order chi connectivity index (χ0) is 20.0. The van der Waals surface area contributed by atoms with Crippen molar-refractivity contribution in [3.05, 3.63) is 29.8 Å². The Bertz CT molecular complexity index is 784. The zero-order valence-electron chi connectivity index (χ0n) is 16.2. The SMILES string of the molecule is Cc1ccc(Nc2nnc(SCC(=O)N(C)CC(=O)NC(C)(C)C)s2)cc1. The first-order valence-corrected chi connectivity index (χ1v) is 10.3. The number of carbonyl (C=O) groups is 2. The van der Waals surface area contributed by atoms with Gasteiger partial charge in [-0.25, -0.2) is 0 Å². The summed E-state index contributed by atoms with van der Waals surface area (Å²) in [4.78, 5) is 25.5. The molecule has 0 aliphatic heterocycles. The summed E-state index contributed by atoms with van der Waals surface area (Å²) < 4.78 is 0.700. The van der Waals surface area contributed by atoms with Crippen LogP contribution in [0.5, 0.6) is 0 Å². The predicted molar refractivity (Wildman–Crippen MR) is 111 cm³/mol. The number of aromatic nitrogens is 2. The second kappa shape index (κ2) is 9.18. The number of hydrogen-bond donors (Lipinski definition) is 2. The number of benzene rings is 1. The fourth-order valence-electron chi connectivity index (χ4n) is 2.07. The molecule has 1 aromatic heterocycles. The van der Waals surface area contributed by atoms with Gasteiger partial charge in [-0.2, -0.15) is 0 Å². The highest BCUT2D eigenvalue weighted by atomic mass is 32.2. The number of anilines is 2. The summed E-state index contributed by atoms with van der Waals surface area (Å²) in [6.45, 7) is 7.78. The van der Waals surface area contributed by atoms with Gasteiger partial charge in [0.2, 0.25) is 16.9 Å². The first-order chi connectivity index (χ1) is 12.6. The molecule has 9 heteroatoms. The third-order valence-electron chi connectivity index (χ3n) is 3.35. The highest BCUT2D eigenvalue weighted by Crippen LogP contribution is 2.27. The summed E-state index contributed by atoms with van der Waals surface area (Å²) >= 11 is 2.70. The summed E-state index contributed by atoms with van der Waals surface area (Å²) in [5.41, 5.74) is 1.81. The lowest BCUT2D eigenvalue weighted by Crippen LogP contribution is -2.46. The van der Waals surface area contributed by atoms with Crippen LogP contribution in [-0.2, 0) is 9.59 Å². The highest BCUT2D eigenvalue weighted by Gasteiger charge is 2.18. The van der Waals surface area contributed by atoms with Gasteiger partial charge < -0.3 is 15.5 Å². The summed E-state index contributed by atoms with van der Waals surface area (Å²) in [5, 5.41) is 14.9. The smallest absolute Gasteiger partial charge is 0.240 e. The maximum absolute atomic E-state index is 12.2. The van der Waals surface area contributed by atoms with Gasteiger partial charge in [-0.3, -0.25) is 9.59 Å². The molecule has 0 saturated heterocycles. The van der Waals surface area contributed by atoms with Crippen LogP contribution in [0.2, 0.25) is 0 Å². The van der Waals surface area contributed by atoms with Crippen molar-refractivity contribution in [2.24, 2.45) is 0 Å². The van der Waals surface area contributed by atoms with Crippen molar-refractivity contribution in [2.45, 2.75) is 37.6 Å². The largest absolute Gasteiger partial charge is 0.350 e. The molecule has 146 valence electrons. The number of nitrogens with one attached hydrogen (secondary N) is 2. The molecule has 0 atom stereocenters. The van der Waals surface area contributed by atoms with Crippen LogP contribution in [0.25, 0.3) is 0 Å².